The van der Waals surface area contributed by atoms with Crippen LogP contribution in [0.5, 0.6) is 0 Å². The first kappa shape index (κ1) is 12.6. The Morgan fingerprint density at radius 1 is 1.39 bits per heavy atom. The van der Waals surface area contributed by atoms with Gasteiger partial charge in [0.1, 0.15) is 4.88 Å². The Labute approximate surface area is 109 Å². The van der Waals surface area contributed by atoms with Gasteiger partial charge in [-0.15, -0.1) is 0 Å². The van der Waals surface area contributed by atoms with Gasteiger partial charge in [-0.3, -0.25) is 0 Å². The number of carbonyl (C=O) groups is 1. The molecule has 0 saturated heterocycles. The van der Waals surface area contributed by atoms with E-state index in [0.717, 1.165) is 5.69 Å². The van der Waals surface area contributed by atoms with Crippen LogP contribution in [0.4, 0.5) is 10.8 Å². The molecule has 0 amide bonds. The van der Waals surface area contributed by atoms with Gasteiger partial charge in [0.2, 0.25) is 0 Å². The minimum Gasteiger partial charge on any atom is -0.477 e. The maximum Gasteiger partial charge on any atom is 0.347 e. The molecule has 1 aromatic carbocycles. The van der Waals surface area contributed by atoms with E-state index in [4.69, 9.17) is 5.11 Å². The van der Waals surface area contributed by atoms with E-state index in [0.29, 0.717) is 22.1 Å². The predicted octanol–water partition coefficient (Wildman–Crippen LogP) is 3.46. The first-order valence-corrected chi connectivity index (χ1v) is 6.48. The minimum absolute atomic E-state index is 0.312. The molecule has 0 aliphatic carbocycles. The number of nitrogens with zero attached hydrogens (tertiary/aromatic N) is 1. The zero-order valence-electron chi connectivity index (χ0n) is 10.2. The number of anilines is 2. The molecule has 0 aliphatic heterocycles. The summed E-state index contributed by atoms with van der Waals surface area (Å²) in [4.78, 5) is 15.6. The Bertz CT molecular complexity index is 561. The second-order valence-electron chi connectivity index (χ2n) is 3.94. The van der Waals surface area contributed by atoms with Crippen molar-refractivity contribution in [3.8, 4) is 0 Å². The molecule has 0 saturated carbocycles. The number of aromatic nitrogens is 1. The maximum atomic E-state index is 11.0. The Kier molecular flexibility index (Phi) is 3.62. The Balaban J connectivity index is 2.24. The molecule has 18 heavy (non-hydrogen) atoms. The lowest BCUT2D eigenvalue weighted by atomic mass is 10.2. The zero-order chi connectivity index (χ0) is 13.1. The summed E-state index contributed by atoms with van der Waals surface area (Å²) in [6, 6.07) is 7.88. The van der Waals surface area contributed by atoms with Crippen molar-refractivity contribution in [1.29, 1.82) is 0 Å². The SMILES string of the molecule is CCc1nc(Nc2ccc(C)cc2)sc1C(=O)O. The summed E-state index contributed by atoms with van der Waals surface area (Å²) in [6.07, 6.45) is 0.619. The summed E-state index contributed by atoms with van der Waals surface area (Å²) >= 11 is 1.17. The largest absolute Gasteiger partial charge is 0.477 e. The number of rotatable bonds is 4. The van der Waals surface area contributed by atoms with Crippen molar-refractivity contribution in [2.45, 2.75) is 20.3 Å². The van der Waals surface area contributed by atoms with Crippen molar-refractivity contribution in [2.24, 2.45) is 0 Å². The lowest BCUT2D eigenvalue weighted by molar-refractivity contribution is 0.0701. The number of aromatic carboxylic acids is 1. The Morgan fingerprint density at radius 2 is 2.06 bits per heavy atom. The van der Waals surface area contributed by atoms with Crippen LogP contribution in [0.25, 0.3) is 0 Å². The van der Waals surface area contributed by atoms with Gasteiger partial charge in [-0.25, -0.2) is 9.78 Å². The van der Waals surface area contributed by atoms with Gasteiger partial charge in [0.15, 0.2) is 5.13 Å². The molecule has 0 bridgehead atoms. The predicted molar refractivity (Wildman–Crippen MR) is 72.9 cm³/mol. The molecule has 0 atom stereocenters. The van der Waals surface area contributed by atoms with E-state index in [1.54, 1.807) is 0 Å². The number of hydrogen-bond donors (Lipinski definition) is 2. The minimum atomic E-state index is -0.915. The third kappa shape index (κ3) is 2.68. The summed E-state index contributed by atoms with van der Waals surface area (Å²) in [7, 11) is 0. The fraction of sp³-hybridized carbons (Fsp3) is 0.231. The molecule has 1 aromatic heterocycles. The summed E-state index contributed by atoms with van der Waals surface area (Å²) in [5.74, 6) is -0.915. The van der Waals surface area contributed by atoms with Gasteiger partial charge in [0.05, 0.1) is 5.69 Å². The average molecular weight is 262 g/mol. The van der Waals surface area contributed by atoms with E-state index in [9.17, 15) is 4.79 Å². The quantitative estimate of drug-likeness (QED) is 0.885. The third-order valence-electron chi connectivity index (χ3n) is 2.53. The number of benzene rings is 1. The summed E-state index contributed by atoms with van der Waals surface area (Å²) in [6.45, 7) is 3.92. The van der Waals surface area contributed by atoms with Crippen LogP contribution in [0, 0.1) is 6.92 Å². The summed E-state index contributed by atoms with van der Waals surface area (Å²) in [5.41, 5.74) is 2.72. The maximum absolute atomic E-state index is 11.0. The van der Waals surface area contributed by atoms with Crippen LogP contribution in [0.15, 0.2) is 24.3 Å². The first-order valence-electron chi connectivity index (χ1n) is 5.67. The molecule has 0 unspecified atom stereocenters. The van der Waals surface area contributed by atoms with E-state index in [-0.39, 0.29) is 0 Å². The molecule has 2 N–H and O–H groups in total. The Hall–Kier alpha value is -1.88. The van der Waals surface area contributed by atoms with Crippen molar-refractivity contribution in [3.05, 3.63) is 40.4 Å². The molecular formula is C13H14N2O2S. The molecule has 0 fully saturated rings. The van der Waals surface area contributed by atoms with E-state index in [1.807, 2.05) is 38.1 Å². The van der Waals surface area contributed by atoms with Crippen LogP contribution in [-0.2, 0) is 6.42 Å². The molecular weight excluding hydrogens is 248 g/mol. The monoisotopic (exact) mass is 262 g/mol. The number of carboxylic acids is 1. The highest BCUT2D eigenvalue weighted by atomic mass is 32.1. The molecule has 94 valence electrons. The smallest absolute Gasteiger partial charge is 0.347 e. The molecule has 5 heteroatoms. The summed E-state index contributed by atoms with van der Waals surface area (Å²) < 4.78 is 0. The van der Waals surface area contributed by atoms with Crippen LogP contribution < -0.4 is 5.32 Å². The highest BCUT2D eigenvalue weighted by Gasteiger charge is 2.15. The van der Waals surface area contributed by atoms with Gasteiger partial charge in [-0.05, 0) is 25.5 Å². The zero-order valence-corrected chi connectivity index (χ0v) is 11.0. The van der Waals surface area contributed by atoms with Crippen molar-refractivity contribution in [2.75, 3.05) is 5.32 Å². The van der Waals surface area contributed by atoms with Gasteiger partial charge in [0, 0.05) is 5.69 Å². The van der Waals surface area contributed by atoms with E-state index in [1.165, 1.54) is 16.9 Å². The van der Waals surface area contributed by atoms with Gasteiger partial charge in [0.25, 0.3) is 0 Å². The molecule has 2 rings (SSSR count). The first-order chi connectivity index (χ1) is 8.60. The topological polar surface area (TPSA) is 62.2 Å². The van der Waals surface area contributed by atoms with E-state index >= 15 is 0 Å². The van der Waals surface area contributed by atoms with Crippen LogP contribution in [0.3, 0.4) is 0 Å². The highest BCUT2D eigenvalue weighted by Crippen LogP contribution is 2.26. The Morgan fingerprint density at radius 3 is 2.56 bits per heavy atom. The second kappa shape index (κ2) is 5.18. The molecule has 2 aromatic rings. The van der Waals surface area contributed by atoms with Crippen molar-refractivity contribution in [3.63, 3.8) is 0 Å². The number of hydrogen-bond acceptors (Lipinski definition) is 4. The van der Waals surface area contributed by atoms with Crippen LogP contribution >= 0.6 is 11.3 Å². The van der Waals surface area contributed by atoms with Gasteiger partial charge in [-0.2, -0.15) is 0 Å². The van der Waals surface area contributed by atoms with Crippen LogP contribution in [-0.4, -0.2) is 16.1 Å². The highest BCUT2D eigenvalue weighted by molar-refractivity contribution is 7.17. The van der Waals surface area contributed by atoms with E-state index < -0.39 is 5.97 Å². The standard InChI is InChI=1S/C13H14N2O2S/c1-3-10-11(12(16)17)18-13(15-10)14-9-6-4-8(2)5-7-9/h4-7H,3H2,1-2H3,(H,14,15)(H,16,17). The van der Waals surface area contributed by atoms with Crippen molar-refractivity contribution < 1.29 is 9.90 Å². The average Bonchev–Trinajstić information content (AvgIpc) is 2.75. The number of aryl methyl sites for hydroxylation is 2. The lowest BCUT2D eigenvalue weighted by Crippen LogP contribution is -1.97. The molecule has 1 heterocycles. The molecule has 4 nitrogen and oxygen atoms in total. The number of thiazole rings is 1. The molecule has 0 spiro atoms. The lowest BCUT2D eigenvalue weighted by Gasteiger charge is -2.01. The van der Waals surface area contributed by atoms with Gasteiger partial charge < -0.3 is 10.4 Å². The van der Waals surface area contributed by atoms with Crippen LogP contribution in [0.2, 0.25) is 0 Å². The molecule has 0 aliphatic rings. The van der Waals surface area contributed by atoms with Gasteiger partial charge >= 0.3 is 5.97 Å². The molecule has 0 radical (unpaired) electrons. The van der Waals surface area contributed by atoms with E-state index in [2.05, 4.69) is 10.3 Å². The van der Waals surface area contributed by atoms with Crippen molar-refractivity contribution in [1.82, 2.24) is 4.98 Å². The fourth-order valence-electron chi connectivity index (χ4n) is 1.57. The summed E-state index contributed by atoms with van der Waals surface area (Å²) in [5, 5.41) is 12.8. The third-order valence-corrected chi connectivity index (χ3v) is 3.53. The second-order valence-corrected chi connectivity index (χ2v) is 4.94. The normalized spacial score (nSPS) is 10.3. The van der Waals surface area contributed by atoms with Crippen LogP contribution in [0.1, 0.15) is 27.9 Å². The fourth-order valence-corrected chi connectivity index (χ4v) is 2.49. The number of nitrogens with one attached hydrogen (secondary N) is 1. The van der Waals surface area contributed by atoms with Crippen molar-refractivity contribution >= 4 is 28.1 Å². The van der Waals surface area contributed by atoms with Gasteiger partial charge in [-0.1, -0.05) is 36.0 Å². The number of carboxylic acid groups (broad SMARTS) is 1.